The lowest BCUT2D eigenvalue weighted by Gasteiger charge is -2.28. The van der Waals surface area contributed by atoms with Crippen LogP contribution in [0.3, 0.4) is 0 Å². The number of rotatable bonds is 1. The number of pyridine rings is 1. The van der Waals surface area contributed by atoms with Gasteiger partial charge in [0.25, 0.3) is 0 Å². The van der Waals surface area contributed by atoms with Gasteiger partial charge in [-0.3, -0.25) is 0 Å². The highest BCUT2D eigenvalue weighted by atomic mass is 35.5. The van der Waals surface area contributed by atoms with Gasteiger partial charge in [0.1, 0.15) is 5.82 Å². The number of hydrogen-bond acceptors (Lipinski definition) is 4. The van der Waals surface area contributed by atoms with Gasteiger partial charge < -0.3 is 16.0 Å². The molecule has 1 aliphatic heterocycles. The van der Waals surface area contributed by atoms with Crippen molar-refractivity contribution in [2.24, 2.45) is 0 Å². The average molecular weight is 251 g/mol. The van der Waals surface area contributed by atoms with E-state index in [0.717, 1.165) is 37.7 Å². The molecule has 0 spiro atoms. The van der Waals surface area contributed by atoms with Crippen LogP contribution in [-0.4, -0.2) is 31.2 Å². The monoisotopic (exact) mass is 250 g/mol. The molecular formula is C9H16Cl2N4. The van der Waals surface area contributed by atoms with E-state index in [1.807, 2.05) is 12.1 Å². The van der Waals surface area contributed by atoms with Crippen molar-refractivity contribution in [3.8, 4) is 0 Å². The zero-order valence-corrected chi connectivity index (χ0v) is 9.98. The summed E-state index contributed by atoms with van der Waals surface area (Å²) in [4.78, 5) is 6.52. The molecule has 3 N–H and O–H groups in total. The lowest BCUT2D eigenvalue weighted by atomic mass is 10.3. The molecule has 0 radical (unpaired) electrons. The summed E-state index contributed by atoms with van der Waals surface area (Å²) in [5.41, 5.74) is 6.46. The van der Waals surface area contributed by atoms with Crippen molar-refractivity contribution in [2.75, 3.05) is 36.8 Å². The van der Waals surface area contributed by atoms with Gasteiger partial charge in [-0.2, -0.15) is 0 Å². The van der Waals surface area contributed by atoms with E-state index < -0.39 is 0 Å². The van der Waals surface area contributed by atoms with Gasteiger partial charge in [0.2, 0.25) is 0 Å². The standard InChI is InChI=1S/C9H14N4.2ClH/c10-8-1-2-12-9(7-8)13-5-3-11-4-6-13;;/h1-2,7,11H,3-6H2,(H2,10,12);2*1H. The van der Waals surface area contributed by atoms with Crippen LogP contribution in [0.5, 0.6) is 0 Å². The number of aromatic nitrogens is 1. The van der Waals surface area contributed by atoms with Crippen LogP contribution in [0.25, 0.3) is 0 Å². The van der Waals surface area contributed by atoms with Gasteiger partial charge >= 0.3 is 0 Å². The van der Waals surface area contributed by atoms with Crippen LogP contribution in [0, 0.1) is 0 Å². The van der Waals surface area contributed by atoms with E-state index in [4.69, 9.17) is 5.73 Å². The smallest absolute Gasteiger partial charge is 0.130 e. The molecule has 0 atom stereocenters. The van der Waals surface area contributed by atoms with Crippen molar-refractivity contribution in [3.05, 3.63) is 18.3 Å². The highest BCUT2D eigenvalue weighted by Crippen LogP contribution is 2.13. The molecule has 0 amide bonds. The minimum absolute atomic E-state index is 0. The number of nitrogens with two attached hydrogens (primary N) is 1. The van der Waals surface area contributed by atoms with Crippen molar-refractivity contribution in [1.82, 2.24) is 10.3 Å². The van der Waals surface area contributed by atoms with E-state index in [-0.39, 0.29) is 24.8 Å². The maximum absolute atomic E-state index is 5.68. The molecular weight excluding hydrogens is 235 g/mol. The van der Waals surface area contributed by atoms with Gasteiger partial charge in [0.15, 0.2) is 0 Å². The third kappa shape index (κ3) is 3.74. The summed E-state index contributed by atoms with van der Waals surface area (Å²) in [5, 5.41) is 3.30. The first kappa shape index (κ1) is 14.3. The van der Waals surface area contributed by atoms with Crippen molar-refractivity contribution < 1.29 is 0 Å². The highest BCUT2D eigenvalue weighted by molar-refractivity contribution is 5.85. The number of halogens is 2. The van der Waals surface area contributed by atoms with Crippen LogP contribution in [0.4, 0.5) is 11.5 Å². The maximum atomic E-state index is 5.68. The van der Waals surface area contributed by atoms with Crippen molar-refractivity contribution in [2.45, 2.75) is 0 Å². The molecule has 2 heterocycles. The second-order valence-electron chi connectivity index (χ2n) is 3.18. The molecule has 0 bridgehead atoms. The molecule has 1 fully saturated rings. The van der Waals surface area contributed by atoms with Crippen LogP contribution in [-0.2, 0) is 0 Å². The van der Waals surface area contributed by atoms with Gasteiger partial charge in [0.05, 0.1) is 0 Å². The van der Waals surface area contributed by atoms with Crippen molar-refractivity contribution in [3.63, 3.8) is 0 Å². The molecule has 1 aromatic heterocycles. The third-order valence-electron chi connectivity index (χ3n) is 2.21. The number of nitrogen functional groups attached to an aromatic ring is 1. The van der Waals surface area contributed by atoms with E-state index in [0.29, 0.717) is 0 Å². The molecule has 0 unspecified atom stereocenters. The molecule has 86 valence electrons. The third-order valence-corrected chi connectivity index (χ3v) is 2.21. The molecule has 4 nitrogen and oxygen atoms in total. The normalized spacial score (nSPS) is 15.1. The van der Waals surface area contributed by atoms with Crippen molar-refractivity contribution >= 4 is 36.3 Å². The fraction of sp³-hybridized carbons (Fsp3) is 0.444. The molecule has 15 heavy (non-hydrogen) atoms. The summed E-state index contributed by atoms with van der Waals surface area (Å²) in [6.07, 6.45) is 1.76. The Hall–Kier alpha value is -0.710. The van der Waals surface area contributed by atoms with Gasteiger partial charge in [-0.05, 0) is 6.07 Å². The summed E-state index contributed by atoms with van der Waals surface area (Å²) in [6.45, 7) is 4.07. The second kappa shape index (κ2) is 6.71. The van der Waals surface area contributed by atoms with E-state index in [9.17, 15) is 0 Å². The summed E-state index contributed by atoms with van der Waals surface area (Å²) >= 11 is 0. The zero-order chi connectivity index (χ0) is 9.10. The second-order valence-corrected chi connectivity index (χ2v) is 3.18. The Labute approximate surface area is 102 Å². The minimum atomic E-state index is 0. The quantitative estimate of drug-likeness (QED) is 0.779. The van der Waals surface area contributed by atoms with Crippen LogP contribution in [0.1, 0.15) is 0 Å². The van der Waals surface area contributed by atoms with Crippen LogP contribution >= 0.6 is 24.8 Å². The minimum Gasteiger partial charge on any atom is -0.399 e. The fourth-order valence-electron chi connectivity index (χ4n) is 1.50. The van der Waals surface area contributed by atoms with Gasteiger partial charge in [-0.15, -0.1) is 24.8 Å². The fourth-order valence-corrected chi connectivity index (χ4v) is 1.50. The Kier molecular flexibility index (Phi) is 6.40. The van der Waals surface area contributed by atoms with Crippen molar-refractivity contribution in [1.29, 1.82) is 0 Å². The first-order valence-electron chi connectivity index (χ1n) is 4.53. The maximum Gasteiger partial charge on any atom is 0.130 e. The van der Waals surface area contributed by atoms with E-state index in [1.165, 1.54) is 0 Å². The summed E-state index contributed by atoms with van der Waals surface area (Å²) in [5.74, 6) is 0.988. The molecule has 2 rings (SSSR count). The van der Waals surface area contributed by atoms with E-state index in [2.05, 4.69) is 15.2 Å². The Morgan fingerprint density at radius 3 is 2.53 bits per heavy atom. The van der Waals surface area contributed by atoms with E-state index in [1.54, 1.807) is 6.20 Å². The summed E-state index contributed by atoms with van der Waals surface area (Å²) in [6, 6.07) is 3.73. The van der Waals surface area contributed by atoms with Crippen LogP contribution in [0.2, 0.25) is 0 Å². The predicted octanol–water partition coefficient (Wildman–Crippen LogP) is 0.917. The van der Waals surface area contributed by atoms with Crippen LogP contribution in [0.15, 0.2) is 18.3 Å². The molecule has 0 aromatic carbocycles. The Morgan fingerprint density at radius 1 is 1.27 bits per heavy atom. The lowest BCUT2D eigenvalue weighted by molar-refractivity contribution is 0.585. The van der Waals surface area contributed by atoms with Gasteiger partial charge in [0, 0.05) is 44.1 Å². The summed E-state index contributed by atoms with van der Waals surface area (Å²) in [7, 11) is 0. The molecule has 1 saturated heterocycles. The SMILES string of the molecule is Cl.Cl.Nc1ccnc(N2CCNCC2)c1. The molecule has 1 aromatic rings. The number of anilines is 2. The number of piperazine rings is 1. The average Bonchev–Trinajstić information content (AvgIpc) is 2.19. The van der Waals surface area contributed by atoms with Gasteiger partial charge in [-0.25, -0.2) is 4.98 Å². The molecule has 6 heteroatoms. The number of nitrogens with zero attached hydrogens (tertiary/aromatic N) is 2. The molecule has 0 saturated carbocycles. The Bertz CT molecular complexity index is 289. The first-order chi connectivity index (χ1) is 6.36. The number of nitrogens with one attached hydrogen (secondary N) is 1. The predicted molar refractivity (Wildman–Crippen MR) is 68.2 cm³/mol. The summed E-state index contributed by atoms with van der Waals surface area (Å²) < 4.78 is 0. The zero-order valence-electron chi connectivity index (χ0n) is 8.35. The number of hydrogen-bond donors (Lipinski definition) is 2. The largest absolute Gasteiger partial charge is 0.399 e. The van der Waals surface area contributed by atoms with Gasteiger partial charge in [-0.1, -0.05) is 0 Å². The first-order valence-corrected chi connectivity index (χ1v) is 4.53. The Balaban J connectivity index is 0.000000980. The highest BCUT2D eigenvalue weighted by Gasteiger charge is 2.10. The molecule has 0 aliphatic carbocycles. The van der Waals surface area contributed by atoms with Crippen LogP contribution < -0.4 is 16.0 Å². The topological polar surface area (TPSA) is 54.2 Å². The Morgan fingerprint density at radius 2 is 1.93 bits per heavy atom. The lowest BCUT2D eigenvalue weighted by Crippen LogP contribution is -2.43. The van der Waals surface area contributed by atoms with E-state index >= 15 is 0 Å². The molecule has 1 aliphatic rings.